The number of hydrogen-bond acceptors (Lipinski definition) is 3. The molecule has 2 N–H and O–H groups in total. The number of hydrogen-bond donors (Lipinski definition) is 2. The zero-order chi connectivity index (χ0) is 12.1. The molecule has 0 amide bonds. The number of aromatic nitrogens is 2. The maximum Gasteiger partial charge on any atom is 0.431 e. The van der Waals surface area contributed by atoms with E-state index in [1.807, 2.05) is 0 Å². The molecule has 2 rings (SSSR count). The quantitative estimate of drug-likeness (QED) is 0.452. The lowest BCUT2D eigenvalue weighted by Crippen LogP contribution is -2.39. The predicted molar refractivity (Wildman–Crippen MR) is 63.4 cm³/mol. The molecule has 5 heteroatoms. The molecule has 0 bridgehead atoms. The average Bonchev–Trinajstić information content (AvgIpc) is 2.67. The third-order valence-corrected chi connectivity index (χ3v) is 3.22. The highest BCUT2D eigenvalue weighted by Gasteiger charge is 2.15. The fraction of sp³-hybridized carbons (Fsp3) is 0.667. The molecule has 0 saturated carbocycles. The van der Waals surface area contributed by atoms with Gasteiger partial charge in [0.1, 0.15) is 0 Å². The van der Waals surface area contributed by atoms with Gasteiger partial charge in [-0.2, -0.15) is 0 Å². The highest BCUT2D eigenvalue weighted by atomic mass is 16.5. The number of nitrogens with one attached hydrogen (secondary N) is 2. The molecule has 1 aromatic heterocycles. The van der Waals surface area contributed by atoms with Crippen LogP contribution in [0.2, 0.25) is 0 Å². The second-order valence-corrected chi connectivity index (χ2v) is 4.52. The van der Waals surface area contributed by atoms with Gasteiger partial charge in [0.25, 0.3) is 0 Å². The van der Waals surface area contributed by atoms with Gasteiger partial charge in [-0.3, -0.25) is 4.52 Å². The molecular formula is C12H20N3O2+. The summed E-state index contributed by atoms with van der Waals surface area (Å²) in [5.74, 6) is 0. The molecular weight excluding hydrogens is 218 g/mol. The minimum atomic E-state index is -0.295. The van der Waals surface area contributed by atoms with Crippen molar-refractivity contribution in [1.29, 1.82) is 0 Å². The van der Waals surface area contributed by atoms with Gasteiger partial charge >= 0.3 is 11.3 Å². The molecule has 1 heterocycles. The predicted octanol–water partition coefficient (Wildman–Crippen LogP) is 0.772. The normalized spacial score (nSPS) is 15.9. The maximum atomic E-state index is 11.3. The first-order chi connectivity index (χ1) is 8.27. The molecule has 94 valence electrons. The van der Waals surface area contributed by atoms with E-state index in [-0.39, 0.29) is 5.63 Å². The Morgan fingerprint density at radius 3 is 3.06 bits per heavy atom. The molecule has 0 aromatic carbocycles. The van der Waals surface area contributed by atoms with Crippen molar-refractivity contribution < 1.29 is 9.20 Å². The molecule has 17 heavy (non-hydrogen) atoms. The van der Waals surface area contributed by atoms with Crippen molar-refractivity contribution >= 4 is 0 Å². The van der Waals surface area contributed by atoms with Crippen LogP contribution in [0.3, 0.4) is 0 Å². The molecule has 0 saturated heterocycles. The minimum absolute atomic E-state index is 0.295. The van der Waals surface area contributed by atoms with Crippen LogP contribution in [0.5, 0.6) is 0 Å². The van der Waals surface area contributed by atoms with Crippen molar-refractivity contribution in [3.63, 3.8) is 0 Å². The summed E-state index contributed by atoms with van der Waals surface area (Å²) in [7, 11) is 1.77. The Hall–Kier alpha value is -1.36. The van der Waals surface area contributed by atoms with Gasteiger partial charge < -0.3 is 5.32 Å². The molecule has 0 fully saturated rings. The number of nitrogens with zero attached hydrogens (tertiary/aromatic N) is 1. The lowest BCUT2D eigenvalue weighted by atomic mass is 9.97. The van der Waals surface area contributed by atoms with Crippen molar-refractivity contribution in [2.45, 2.75) is 38.6 Å². The SMILES string of the molecule is C[n+]1[nH]oc(=O)c1CNCCC1=CCCCC1. The number of H-pyrrole nitrogens is 1. The fourth-order valence-electron chi connectivity index (χ4n) is 2.14. The first-order valence-corrected chi connectivity index (χ1v) is 6.22. The van der Waals surface area contributed by atoms with E-state index in [0.717, 1.165) is 13.0 Å². The van der Waals surface area contributed by atoms with Crippen molar-refractivity contribution in [1.82, 2.24) is 10.6 Å². The van der Waals surface area contributed by atoms with Gasteiger partial charge in [-0.15, -0.1) is 0 Å². The monoisotopic (exact) mass is 238 g/mol. The Labute approximate surface area is 100 Å². The average molecular weight is 238 g/mol. The van der Waals surface area contributed by atoms with E-state index < -0.39 is 0 Å². The summed E-state index contributed by atoms with van der Waals surface area (Å²) >= 11 is 0. The molecule has 0 radical (unpaired) electrons. The molecule has 0 unspecified atom stereocenters. The highest BCUT2D eigenvalue weighted by molar-refractivity contribution is 5.05. The third-order valence-electron chi connectivity index (χ3n) is 3.22. The van der Waals surface area contributed by atoms with Crippen molar-refractivity contribution in [2.24, 2.45) is 7.05 Å². The van der Waals surface area contributed by atoms with Gasteiger partial charge in [0.15, 0.2) is 7.05 Å². The zero-order valence-electron chi connectivity index (χ0n) is 10.3. The van der Waals surface area contributed by atoms with Crippen LogP contribution in [0.1, 0.15) is 37.8 Å². The van der Waals surface area contributed by atoms with Gasteiger partial charge in [-0.1, -0.05) is 16.3 Å². The summed E-state index contributed by atoms with van der Waals surface area (Å²) in [5, 5.41) is 5.78. The lowest BCUT2D eigenvalue weighted by molar-refractivity contribution is -0.746. The van der Waals surface area contributed by atoms with Crippen LogP contribution in [0.25, 0.3) is 0 Å². The molecule has 0 atom stereocenters. The van der Waals surface area contributed by atoms with Gasteiger partial charge in [-0.05, 0) is 43.9 Å². The van der Waals surface area contributed by atoms with Crippen LogP contribution in [0.4, 0.5) is 0 Å². The number of aryl methyl sites for hydroxylation is 1. The van der Waals surface area contributed by atoms with E-state index in [2.05, 4.69) is 21.2 Å². The largest absolute Gasteiger partial charge is 0.431 e. The number of allylic oxidation sites excluding steroid dienone is 1. The summed E-state index contributed by atoms with van der Waals surface area (Å²) in [5.41, 5.74) is 1.88. The molecule has 1 aliphatic rings. The first kappa shape index (κ1) is 12.1. The molecule has 0 aliphatic heterocycles. The van der Waals surface area contributed by atoms with Crippen LogP contribution < -0.4 is 15.6 Å². The van der Waals surface area contributed by atoms with Gasteiger partial charge in [0, 0.05) is 0 Å². The molecule has 1 aromatic rings. The smallest absolute Gasteiger partial charge is 0.307 e. The summed E-state index contributed by atoms with van der Waals surface area (Å²) < 4.78 is 6.28. The summed E-state index contributed by atoms with van der Waals surface area (Å²) in [4.78, 5) is 11.3. The summed E-state index contributed by atoms with van der Waals surface area (Å²) in [6, 6.07) is 0. The van der Waals surface area contributed by atoms with Crippen LogP contribution in [0.15, 0.2) is 21.0 Å². The molecule has 1 aliphatic carbocycles. The van der Waals surface area contributed by atoms with Crippen LogP contribution in [-0.2, 0) is 13.6 Å². The summed E-state index contributed by atoms with van der Waals surface area (Å²) in [6.07, 6.45) is 8.56. The molecule has 5 nitrogen and oxygen atoms in total. The Balaban J connectivity index is 1.73. The minimum Gasteiger partial charge on any atom is -0.307 e. The Bertz CT molecular complexity index is 445. The van der Waals surface area contributed by atoms with Crippen LogP contribution in [0, 0.1) is 0 Å². The van der Waals surface area contributed by atoms with Gasteiger partial charge in [0.2, 0.25) is 0 Å². The topological polar surface area (TPSA) is 61.9 Å². The Morgan fingerprint density at radius 1 is 1.53 bits per heavy atom. The maximum absolute atomic E-state index is 11.3. The van der Waals surface area contributed by atoms with Crippen molar-refractivity contribution in [3.05, 3.63) is 27.8 Å². The second kappa shape index (κ2) is 5.82. The van der Waals surface area contributed by atoms with Crippen molar-refractivity contribution in [2.75, 3.05) is 6.54 Å². The van der Waals surface area contributed by atoms with E-state index >= 15 is 0 Å². The molecule has 0 spiro atoms. The van der Waals surface area contributed by atoms with Crippen LogP contribution in [-0.4, -0.2) is 11.8 Å². The number of aromatic amines is 1. The highest BCUT2D eigenvalue weighted by Crippen LogP contribution is 2.19. The van der Waals surface area contributed by atoms with E-state index in [4.69, 9.17) is 0 Å². The Kier molecular flexibility index (Phi) is 4.14. The Morgan fingerprint density at radius 2 is 2.41 bits per heavy atom. The van der Waals surface area contributed by atoms with Crippen molar-refractivity contribution in [3.8, 4) is 0 Å². The lowest BCUT2D eigenvalue weighted by Gasteiger charge is -2.12. The van der Waals surface area contributed by atoms with Gasteiger partial charge in [0.05, 0.1) is 6.54 Å². The number of rotatable bonds is 5. The third kappa shape index (κ3) is 3.30. The van der Waals surface area contributed by atoms with Gasteiger partial charge in [-0.25, -0.2) is 4.79 Å². The fourth-order valence-corrected chi connectivity index (χ4v) is 2.14. The summed E-state index contributed by atoms with van der Waals surface area (Å²) in [6.45, 7) is 1.46. The van der Waals surface area contributed by atoms with E-state index in [1.165, 1.54) is 25.7 Å². The van der Waals surface area contributed by atoms with E-state index in [1.54, 1.807) is 17.3 Å². The second-order valence-electron chi connectivity index (χ2n) is 4.52. The van der Waals surface area contributed by atoms with Crippen LogP contribution >= 0.6 is 0 Å². The standard InChI is InChI=1S/C12H19N3O2/c1-15-11(12(16)17-14-15)9-13-8-7-10-5-3-2-4-6-10/h5,13H,2-4,6-9H2,1H3/p+1. The zero-order valence-corrected chi connectivity index (χ0v) is 10.3. The van der Waals surface area contributed by atoms with E-state index in [0.29, 0.717) is 12.2 Å². The first-order valence-electron chi connectivity index (χ1n) is 6.22. The van der Waals surface area contributed by atoms with E-state index in [9.17, 15) is 4.79 Å².